The molecule has 1 unspecified atom stereocenters. The molecule has 0 radical (unpaired) electrons. The maximum absolute atomic E-state index is 13.5. The van der Waals surface area contributed by atoms with Crippen molar-refractivity contribution in [2.75, 3.05) is 27.7 Å². The molecular formula is C18H23F3N4O5S. The molecule has 13 heteroatoms. The van der Waals surface area contributed by atoms with Crippen LogP contribution in [0.2, 0.25) is 0 Å². The second kappa shape index (κ2) is 8.85. The van der Waals surface area contributed by atoms with Crippen LogP contribution in [-0.2, 0) is 22.7 Å². The third-order valence-electron chi connectivity index (χ3n) is 4.62. The molecule has 0 aliphatic rings. The number of imidazole rings is 1. The number of rotatable bonds is 8. The molecule has 0 aliphatic carbocycles. The number of aromatic nitrogens is 2. The molecule has 1 heterocycles. The fourth-order valence-electron chi connectivity index (χ4n) is 2.82. The van der Waals surface area contributed by atoms with Crippen molar-refractivity contribution in [1.82, 2.24) is 19.2 Å². The third kappa shape index (κ3) is 4.83. The number of benzene rings is 1. The van der Waals surface area contributed by atoms with E-state index in [1.165, 1.54) is 46.6 Å². The van der Waals surface area contributed by atoms with Crippen molar-refractivity contribution < 1.29 is 36.2 Å². The molecule has 1 aromatic carbocycles. The first-order valence-electron chi connectivity index (χ1n) is 8.91. The van der Waals surface area contributed by atoms with E-state index in [1.54, 1.807) is 0 Å². The first-order valence-corrected chi connectivity index (χ1v) is 10.4. The number of alkyl halides is 3. The molecular weight excluding hydrogens is 441 g/mol. The van der Waals surface area contributed by atoms with Gasteiger partial charge in [0.25, 0.3) is 5.91 Å². The van der Waals surface area contributed by atoms with Crippen LogP contribution in [0.25, 0.3) is 0 Å². The number of hydrogen-bond acceptors (Lipinski definition) is 6. The Morgan fingerprint density at radius 1 is 1.32 bits per heavy atom. The number of halogens is 3. The van der Waals surface area contributed by atoms with Gasteiger partial charge in [0.05, 0.1) is 7.11 Å². The van der Waals surface area contributed by atoms with Crippen LogP contribution in [0, 0.1) is 0 Å². The molecule has 2 rings (SSSR count). The number of aryl methyl sites for hydroxylation is 1. The van der Waals surface area contributed by atoms with Crippen LogP contribution in [-0.4, -0.2) is 67.2 Å². The zero-order valence-electron chi connectivity index (χ0n) is 17.3. The lowest BCUT2D eigenvalue weighted by Gasteiger charge is -2.30. The van der Waals surface area contributed by atoms with E-state index in [0.717, 1.165) is 21.1 Å². The van der Waals surface area contributed by atoms with Crippen molar-refractivity contribution in [1.29, 1.82) is 0 Å². The number of nitrogens with zero attached hydrogens (tertiary/aromatic N) is 3. The number of ether oxygens (including phenoxy) is 1. The van der Waals surface area contributed by atoms with E-state index >= 15 is 0 Å². The summed E-state index contributed by atoms with van der Waals surface area (Å²) in [5, 5.41) is 12.6. The predicted molar refractivity (Wildman–Crippen MR) is 104 cm³/mol. The summed E-state index contributed by atoms with van der Waals surface area (Å²) >= 11 is 0. The Morgan fingerprint density at radius 2 is 1.97 bits per heavy atom. The first-order chi connectivity index (χ1) is 14.3. The van der Waals surface area contributed by atoms with Crippen LogP contribution in [0.1, 0.15) is 22.6 Å². The van der Waals surface area contributed by atoms with Gasteiger partial charge < -0.3 is 19.7 Å². The highest BCUT2D eigenvalue weighted by Gasteiger charge is 2.57. The molecule has 9 nitrogen and oxygen atoms in total. The van der Waals surface area contributed by atoms with Crippen LogP contribution in [0.4, 0.5) is 13.2 Å². The Balaban J connectivity index is 2.24. The highest BCUT2D eigenvalue weighted by molar-refractivity contribution is 7.89. The van der Waals surface area contributed by atoms with Gasteiger partial charge in [-0.15, -0.1) is 0 Å². The van der Waals surface area contributed by atoms with Crippen molar-refractivity contribution in [3.63, 3.8) is 0 Å². The Kier molecular flexibility index (Phi) is 7.03. The van der Waals surface area contributed by atoms with E-state index in [0.29, 0.717) is 0 Å². The monoisotopic (exact) mass is 464 g/mol. The lowest BCUT2D eigenvalue weighted by atomic mass is 9.97. The van der Waals surface area contributed by atoms with Gasteiger partial charge in [-0.1, -0.05) is 0 Å². The van der Waals surface area contributed by atoms with Crippen LogP contribution >= 0.6 is 0 Å². The average molecular weight is 464 g/mol. The lowest BCUT2D eigenvalue weighted by Crippen LogP contribution is -2.46. The van der Waals surface area contributed by atoms with Crippen molar-refractivity contribution in [3.8, 4) is 5.75 Å². The van der Waals surface area contributed by atoms with Gasteiger partial charge in [-0.25, -0.2) is 17.7 Å². The minimum Gasteiger partial charge on any atom is -0.495 e. The van der Waals surface area contributed by atoms with Gasteiger partial charge in [0.1, 0.15) is 16.5 Å². The first kappa shape index (κ1) is 24.6. The number of methoxy groups -OCH3 is 1. The second-order valence-electron chi connectivity index (χ2n) is 6.88. The Labute approximate surface area is 177 Å². The molecule has 0 saturated heterocycles. The quantitative estimate of drug-likeness (QED) is 0.608. The van der Waals surface area contributed by atoms with Gasteiger partial charge >= 0.3 is 6.18 Å². The van der Waals surface area contributed by atoms with Crippen LogP contribution < -0.4 is 10.1 Å². The molecule has 2 N–H and O–H groups in total. The van der Waals surface area contributed by atoms with Gasteiger partial charge in [-0.2, -0.15) is 13.2 Å². The molecule has 0 saturated carbocycles. The van der Waals surface area contributed by atoms with Crippen molar-refractivity contribution >= 4 is 15.9 Å². The van der Waals surface area contributed by atoms with E-state index in [1.807, 2.05) is 0 Å². The van der Waals surface area contributed by atoms with E-state index in [2.05, 4.69) is 10.3 Å². The van der Waals surface area contributed by atoms with Gasteiger partial charge in [0, 0.05) is 52.1 Å². The zero-order valence-corrected chi connectivity index (χ0v) is 18.1. The molecule has 0 bridgehead atoms. The van der Waals surface area contributed by atoms with E-state index < -0.39 is 46.5 Å². The Morgan fingerprint density at radius 3 is 2.45 bits per heavy atom. The molecule has 1 amide bonds. The van der Waals surface area contributed by atoms with Gasteiger partial charge in [-0.05, 0) is 18.2 Å². The number of aliphatic hydroxyl groups is 1. The minimum absolute atomic E-state index is 0.00600. The summed E-state index contributed by atoms with van der Waals surface area (Å²) in [6.45, 7) is -0.552. The van der Waals surface area contributed by atoms with E-state index in [4.69, 9.17) is 4.74 Å². The van der Waals surface area contributed by atoms with E-state index in [9.17, 15) is 31.5 Å². The van der Waals surface area contributed by atoms with E-state index in [-0.39, 0.29) is 16.2 Å². The van der Waals surface area contributed by atoms with Crippen molar-refractivity contribution in [2.45, 2.75) is 23.1 Å². The van der Waals surface area contributed by atoms with Crippen LogP contribution in [0.5, 0.6) is 5.75 Å². The molecule has 2 aromatic rings. The molecule has 0 spiro atoms. The number of hydrogen-bond donors (Lipinski definition) is 2. The highest BCUT2D eigenvalue weighted by atomic mass is 32.2. The van der Waals surface area contributed by atoms with Crippen molar-refractivity contribution in [3.05, 3.63) is 42.0 Å². The zero-order chi connectivity index (χ0) is 23.6. The highest BCUT2D eigenvalue weighted by Crippen LogP contribution is 2.40. The Bertz CT molecular complexity index is 1050. The number of nitrogens with one attached hydrogen (secondary N) is 1. The minimum atomic E-state index is -5.04. The summed E-state index contributed by atoms with van der Waals surface area (Å²) in [6, 6.07) is 3.61. The van der Waals surface area contributed by atoms with Crippen molar-refractivity contribution in [2.24, 2.45) is 7.05 Å². The summed E-state index contributed by atoms with van der Waals surface area (Å²) in [5.41, 5.74) is -3.38. The summed E-state index contributed by atoms with van der Waals surface area (Å²) in [5.74, 6) is -1.42. The molecule has 31 heavy (non-hydrogen) atoms. The van der Waals surface area contributed by atoms with Gasteiger partial charge in [0.15, 0.2) is 0 Å². The maximum atomic E-state index is 13.5. The fraction of sp³-hybridized carbons (Fsp3) is 0.444. The van der Waals surface area contributed by atoms with Gasteiger partial charge in [0.2, 0.25) is 15.6 Å². The molecule has 1 aromatic heterocycles. The summed E-state index contributed by atoms with van der Waals surface area (Å²) < 4.78 is 72.5. The number of amides is 1. The van der Waals surface area contributed by atoms with Gasteiger partial charge in [-0.3, -0.25) is 4.79 Å². The molecule has 1 atom stereocenters. The number of sulfonamides is 1. The normalized spacial score (nSPS) is 14.4. The van der Waals surface area contributed by atoms with Crippen LogP contribution in [0.15, 0.2) is 35.5 Å². The summed E-state index contributed by atoms with van der Waals surface area (Å²) in [6.07, 6.45) is -3.56. The third-order valence-corrected chi connectivity index (χ3v) is 6.45. The standard InChI is InChI=1S/C18H23F3N4O5S/c1-24(2)31(28,29)14-11-12(5-6-13(14)30-4)15(26)22-8-7-17(27,18(19,20)21)16-23-9-10-25(16)3/h5-6,9-11,27H,7-8H2,1-4H3,(H,22,26). The number of carbonyl (C=O) groups is 1. The summed E-state index contributed by atoms with van der Waals surface area (Å²) in [4.78, 5) is 15.7. The topological polar surface area (TPSA) is 114 Å². The molecule has 0 fully saturated rings. The average Bonchev–Trinajstić information content (AvgIpc) is 3.12. The number of carbonyl (C=O) groups excluding carboxylic acids is 1. The second-order valence-corrected chi connectivity index (χ2v) is 9.00. The smallest absolute Gasteiger partial charge is 0.424 e. The largest absolute Gasteiger partial charge is 0.495 e. The lowest BCUT2D eigenvalue weighted by molar-refractivity contribution is -0.272. The summed E-state index contributed by atoms with van der Waals surface area (Å²) in [7, 11) is 1.23. The predicted octanol–water partition coefficient (Wildman–Crippen LogP) is 1.25. The maximum Gasteiger partial charge on any atom is 0.424 e. The molecule has 172 valence electrons. The fourth-order valence-corrected chi connectivity index (χ4v) is 3.89. The van der Waals surface area contributed by atoms with Crippen LogP contribution in [0.3, 0.4) is 0 Å². The Hall–Kier alpha value is -2.64. The molecule has 0 aliphatic heterocycles. The SMILES string of the molecule is COc1ccc(C(=O)NCCC(O)(c2nccn2C)C(F)(F)F)cc1S(=O)(=O)N(C)C.